The van der Waals surface area contributed by atoms with E-state index in [0.717, 1.165) is 16.6 Å². The second-order valence-corrected chi connectivity index (χ2v) is 5.20. The van der Waals surface area contributed by atoms with E-state index < -0.39 is 6.10 Å². The highest BCUT2D eigenvalue weighted by molar-refractivity contribution is 7.17. The van der Waals surface area contributed by atoms with Crippen LogP contribution < -0.4 is 0 Å². The van der Waals surface area contributed by atoms with Crippen molar-refractivity contribution in [2.45, 2.75) is 12.5 Å². The van der Waals surface area contributed by atoms with Crippen LogP contribution in [0.15, 0.2) is 35.8 Å². The van der Waals surface area contributed by atoms with Crippen LogP contribution in [0, 0.1) is 0 Å². The molecule has 0 spiro atoms. The summed E-state index contributed by atoms with van der Waals surface area (Å²) in [6, 6.07) is 8.12. The second kappa shape index (κ2) is 4.51. The summed E-state index contributed by atoms with van der Waals surface area (Å²) < 4.78 is 2.85. The highest BCUT2D eigenvalue weighted by Gasteiger charge is 2.15. The van der Waals surface area contributed by atoms with Gasteiger partial charge in [0.1, 0.15) is 0 Å². The van der Waals surface area contributed by atoms with Gasteiger partial charge in [0.05, 0.1) is 11.8 Å². The normalized spacial score (nSPS) is 13.0. The van der Waals surface area contributed by atoms with Gasteiger partial charge in [0.15, 0.2) is 0 Å². The van der Waals surface area contributed by atoms with Gasteiger partial charge in [-0.25, -0.2) is 0 Å². The second-order valence-electron chi connectivity index (χ2n) is 4.29. The molecule has 3 aromatic rings. The Morgan fingerprint density at radius 1 is 1.39 bits per heavy atom. The number of aliphatic hydroxyl groups is 1. The molecule has 92 valence electrons. The van der Waals surface area contributed by atoms with E-state index in [-0.39, 0.29) is 0 Å². The van der Waals surface area contributed by atoms with Crippen LogP contribution in [-0.4, -0.2) is 20.1 Å². The summed E-state index contributed by atoms with van der Waals surface area (Å²) >= 11 is 1.66. The van der Waals surface area contributed by atoms with E-state index in [0.29, 0.717) is 6.42 Å². The fourth-order valence-electron chi connectivity index (χ4n) is 2.05. The van der Waals surface area contributed by atoms with Gasteiger partial charge in [-0.3, -0.25) is 4.68 Å². The van der Waals surface area contributed by atoms with E-state index in [2.05, 4.69) is 16.4 Å². The van der Waals surface area contributed by atoms with Crippen molar-refractivity contribution in [2.24, 2.45) is 7.05 Å². The lowest BCUT2D eigenvalue weighted by atomic mass is 10.0. The Balaban J connectivity index is 1.90. The minimum atomic E-state index is -0.530. The van der Waals surface area contributed by atoms with Crippen LogP contribution in [0.5, 0.6) is 0 Å². The van der Waals surface area contributed by atoms with Gasteiger partial charge in [0.2, 0.25) is 0 Å². The molecular weight excluding hydrogens is 246 g/mol. The van der Waals surface area contributed by atoms with Gasteiger partial charge in [-0.05, 0) is 22.4 Å². The Kier molecular flexibility index (Phi) is 2.85. The van der Waals surface area contributed by atoms with Gasteiger partial charge < -0.3 is 5.11 Å². The maximum absolute atomic E-state index is 10.3. The van der Waals surface area contributed by atoms with E-state index >= 15 is 0 Å². The monoisotopic (exact) mass is 259 g/mol. The Hall–Kier alpha value is -1.72. The standard InChI is InChI=1S/C13H13N3OS/c1-16-7-9(14-15-16)6-12(17)11-8-18-13-5-3-2-4-10(11)13/h2-5,7-8,12,17H,6H2,1H3. The van der Waals surface area contributed by atoms with Gasteiger partial charge in [-0.1, -0.05) is 23.4 Å². The number of fused-ring (bicyclic) bond motifs is 1. The molecule has 0 bridgehead atoms. The van der Waals surface area contributed by atoms with E-state index in [1.807, 2.05) is 36.8 Å². The minimum absolute atomic E-state index is 0.495. The quantitative estimate of drug-likeness (QED) is 0.785. The number of benzene rings is 1. The summed E-state index contributed by atoms with van der Waals surface area (Å²) in [5.74, 6) is 0. The molecular formula is C13H13N3OS. The molecule has 0 aliphatic carbocycles. The van der Waals surface area contributed by atoms with Crippen molar-refractivity contribution in [3.05, 3.63) is 47.1 Å². The maximum atomic E-state index is 10.3. The molecule has 5 heteroatoms. The molecule has 0 fully saturated rings. The number of hydrogen-bond acceptors (Lipinski definition) is 4. The van der Waals surface area contributed by atoms with Crippen molar-refractivity contribution in [1.29, 1.82) is 0 Å². The maximum Gasteiger partial charge on any atom is 0.0860 e. The first-order chi connectivity index (χ1) is 8.74. The van der Waals surface area contributed by atoms with Crippen molar-refractivity contribution in [1.82, 2.24) is 15.0 Å². The summed E-state index contributed by atoms with van der Waals surface area (Å²) in [5.41, 5.74) is 1.78. The number of rotatable bonds is 3. The molecule has 1 atom stereocenters. The molecule has 2 aromatic heterocycles. The Morgan fingerprint density at radius 2 is 2.22 bits per heavy atom. The van der Waals surface area contributed by atoms with E-state index in [1.54, 1.807) is 16.0 Å². The molecule has 0 radical (unpaired) electrons. The summed E-state index contributed by atoms with van der Waals surface area (Å²) in [6.07, 6.45) is 1.80. The van der Waals surface area contributed by atoms with Crippen LogP contribution in [0.2, 0.25) is 0 Å². The molecule has 0 saturated carbocycles. The summed E-state index contributed by atoms with van der Waals surface area (Å²) in [7, 11) is 1.82. The van der Waals surface area contributed by atoms with E-state index in [9.17, 15) is 5.11 Å². The number of nitrogens with zero attached hydrogens (tertiary/aromatic N) is 3. The Labute approximate surface area is 108 Å². The average Bonchev–Trinajstić information content (AvgIpc) is 2.95. The molecule has 1 aromatic carbocycles. The van der Waals surface area contributed by atoms with Crippen molar-refractivity contribution >= 4 is 21.4 Å². The lowest BCUT2D eigenvalue weighted by Crippen LogP contribution is -2.01. The number of aryl methyl sites for hydroxylation is 1. The molecule has 0 aliphatic heterocycles. The third-order valence-electron chi connectivity index (χ3n) is 2.92. The van der Waals surface area contributed by atoms with Gasteiger partial charge in [0.25, 0.3) is 0 Å². The highest BCUT2D eigenvalue weighted by Crippen LogP contribution is 2.31. The largest absolute Gasteiger partial charge is 0.388 e. The van der Waals surface area contributed by atoms with E-state index in [4.69, 9.17) is 0 Å². The summed E-state index contributed by atoms with van der Waals surface area (Å²) in [6.45, 7) is 0. The minimum Gasteiger partial charge on any atom is -0.388 e. The topological polar surface area (TPSA) is 50.9 Å². The molecule has 4 nitrogen and oxygen atoms in total. The van der Waals surface area contributed by atoms with Crippen LogP contribution in [0.3, 0.4) is 0 Å². The first-order valence-electron chi connectivity index (χ1n) is 5.73. The predicted octanol–water partition coefficient (Wildman–Crippen LogP) is 2.31. The molecule has 0 saturated heterocycles. The molecule has 0 amide bonds. The average molecular weight is 259 g/mol. The zero-order valence-electron chi connectivity index (χ0n) is 9.95. The van der Waals surface area contributed by atoms with Crippen molar-refractivity contribution < 1.29 is 5.11 Å². The molecule has 1 N–H and O–H groups in total. The van der Waals surface area contributed by atoms with Crippen LogP contribution in [-0.2, 0) is 13.5 Å². The first kappa shape index (κ1) is 11.4. The molecule has 0 aliphatic rings. The fourth-order valence-corrected chi connectivity index (χ4v) is 3.06. The number of thiophene rings is 1. The molecule has 18 heavy (non-hydrogen) atoms. The van der Waals surface area contributed by atoms with Crippen molar-refractivity contribution in [3.8, 4) is 0 Å². The zero-order chi connectivity index (χ0) is 12.5. The van der Waals surface area contributed by atoms with Crippen molar-refractivity contribution in [3.63, 3.8) is 0 Å². The summed E-state index contributed by atoms with van der Waals surface area (Å²) in [5, 5.41) is 21.3. The molecule has 3 rings (SSSR count). The Morgan fingerprint density at radius 3 is 3.00 bits per heavy atom. The van der Waals surface area contributed by atoms with Crippen LogP contribution in [0.1, 0.15) is 17.4 Å². The van der Waals surface area contributed by atoms with Crippen LogP contribution in [0.25, 0.3) is 10.1 Å². The Bertz CT molecular complexity index is 673. The SMILES string of the molecule is Cn1cc(CC(O)c2csc3ccccc23)nn1. The highest BCUT2D eigenvalue weighted by atomic mass is 32.1. The predicted molar refractivity (Wildman–Crippen MR) is 71.5 cm³/mol. The summed E-state index contributed by atoms with van der Waals surface area (Å²) in [4.78, 5) is 0. The van der Waals surface area contributed by atoms with Gasteiger partial charge in [-0.15, -0.1) is 16.4 Å². The fraction of sp³-hybridized carbons (Fsp3) is 0.231. The molecule has 1 unspecified atom stereocenters. The lowest BCUT2D eigenvalue weighted by molar-refractivity contribution is 0.179. The smallest absolute Gasteiger partial charge is 0.0860 e. The number of hydrogen-bond donors (Lipinski definition) is 1. The third kappa shape index (κ3) is 2.02. The number of aromatic nitrogens is 3. The third-order valence-corrected chi connectivity index (χ3v) is 3.90. The first-order valence-corrected chi connectivity index (χ1v) is 6.61. The zero-order valence-corrected chi connectivity index (χ0v) is 10.8. The van der Waals surface area contributed by atoms with Gasteiger partial charge in [-0.2, -0.15) is 0 Å². The molecule has 2 heterocycles. The lowest BCUT2D eigenvalue weighted by Gasteiger charge is -2.07. The van der Waals surface area contributed by atoms with Crippen LogP contribution >= 0.6 is 11.3 Å². The van der Waals surface area contributed by atoms with E-state index in [1.165, 1.54) is 4.70 Å². The van der Waals surface area contributed by atoms with Crippen LogP contribution in [0.4, 0.5) is 0 Å². The van der Waals surface area contributed by atoms with Gasteiger partial charge in [0, 0.05) is 24.4 Å². The van der Waals surface area contributed by atoms with Crippen molar-refractivity contribution in [2.75, 3.05) is 0 Å². The van der Waals surface area contributed by atoms with Gasteiger partial charge >= 0.3 is 0 Å². The number of aliphatic hydroxyl groups excluding tert-OH is 1.